The normalized spacial score (nSPS) is 9.73. The first-order chi connectivity index (χ1) is 12.5. The molecule has 2 rings (SSSR count). The van der Waals surface area contributed by atoms with Crippen LogP contribution in [-0.4, -0.2) is 39.0 Å². The fourth-order valence-corrected chi connectivity index (χ4v) is 2.08. The summed E-state index contributed by atoms with van der Waals surface area (Å²) in [5, 5.41) is 9.94. The quantitative estimate of drug-likeness (QED) is 0.790. The Morgan fingerprint density at radius 3 is 2.12 bits per heavy atom. The molecule has 2 aromatic rings. The van der Waals surface area contributed by atoms with Gasteiger partial charge in [-0.1, -0.05) is 12.1 Å². The molecular formula is C20H26O6. The second-order valence-electron chi connectivity index (χ2n) is 5.34. The van der Waals surface area contributed by atoms with Crippen LogP contribution in [0.5, 0.6) is 17.2 Å². The second kappa shape index (κ2) is 11.0. The van der Waals surface area contributed by atoms with E-state index in [-0.39, 0.29) is 11.3 Å². The van der Waals surface area contributed by atoms with E-state index < -0.39 is 5.97 Å². The minimum Gasteiger partial charge on any atom is -0.507 e. The number of aryl methyl sites for hydroxylation is 1. The summed E-state index contributed by atoms with van der Waals surface area (Å²) in [6, 6.07) is 10.6. The Kier molecular flexibility index (Phi) is 9.01. The first-order valence-electron chi connectivity index (χ1n) is 8.13. The summed E-state index contributed by atoms with van der Waals surface area (Å²) in [6.45, 7) is 4.84. The third kappa shape index (κ3) is 6.29. The van der Waals surface area contributed by atoms with Gasteiger partial charge in [-0.15, -0.1) is 0 Å². The summed E-state index contributed by atoms with van der Waals surface area (Å²) in [6.07, 6.45) is 0. The minimum absolute atomic E-state index is 0.152. The summed E-state index contributed by atoms with van der Waals surface area (Å²) < 4.78 is 19.9. The van der Waals surface area contributed by atoms with Gasteiger partial charge in [0.15, 0.2) is 0 Å². The molecule has 0 aliphatic rings. The number of ether oxygens (including phenoxy) is 4. The van der Waals surface area contributed by atoms with Gasteiger partial charge in [-0.2, -0.15) is 0 Å². The topological polar surface area (TPSA) is 74.2 Å². The highest BCUT2D eigenvalue weighted by atomic mass is 16.5. The number of phenols is 1. The molecule has 0 saturated carbocycles. The molecule has 0 aliphatic carbocycles. The van der Waals surface area contributed by atoms with E-state index in [2.05, 4.69) is 9.47 Å². The zero-order valence-electron chi connectivity index (χ0n) is 15.9. The number of benzene rings is 2. The van der Waals surface area contributed by atoms with Crippen LogP contribution in [0.25, 0.3) is 0 Å². The van der Waals surface area contributed by atoms with Crippen LogP contribution in [0.2, 0.25) is 0 Å². The van der Waals surface area contributed by atoms with Gasteiger partial charge in [0.2, 0.25) is 0 Å². The molecule has 0 bridgehead atoms. The number of aromatic hydroxyl groups is 1. The van der Waals surface area contributed by atoms with Gasteiger partial charge in [-0.3, -0.25) is 0 Å². The van der Waals surface area contributed by atoms with Crippen molar-refractivity contribution in [1.29, 1.82) is 0 Å². The van der Waals surface area contributed by atoms with E-state index in [4.69, 9.17) is 9.47 Å². The van der Waals surface area contributed by atoms with Crippen LogP contribution in [0, 0.1) is 6.92 Å². The lowest BCUT2D eigenvalue weighted by atomic mass is 10.1. The summed E-state index contributed by atoms with van der Waals surface area (Å²) in [4.78, 5) is 11.6. The SMILES string of the molecule is CCOC.COC(=O)c1c(C)cc(OCc2ccc(OC)cc2)cc1O. The van der Waals surface area contributed by atoms with Crippen molar-refractivity contribution in [2.75, 3.05) is 27.9 Å². The fraction of sp³-hybridized carbons (Fsp3) is 0.350. The predicted molar refractivity (Wildman–Crippen MR) is 99.1 cm³/mol. The summed E-state index contributed by atoms with van der Waals surface area (Å²) in [5.41, 5.74) is 1.71. The molecule has 0 heterocycles. The van der Waals surface area contributed by atoms with Crippen LogP contribution in [0.1, 0.15) is 28.4 Å². The molecule has 0 atom stereocenters. The van der Waals surface area contributed by atoms with Crippen molar-refractivity contribution in [3.05, 3.63) is 53.1 Å². The standard InChI is InChI=1S/C17H18O5.C3H8O/c1-11-8-14(9-15(18)16(11)17(19)21-3)22-10-12-4-6-13(20-2)7-5-12;1-3-4-2/h4-9,18H,10H2,1-3H3;3H2,1-2H3. The first kappa shape index (κ1) is 21.3. The number of hydrogen-bond acceptors (Lipinski definition) is 6. The molecule has 0 fully saturated rings. The van der Waals surface area contributed by atoms with Crippen molar-refractivity contribution in [3.63, 3.8) is 0 Å². The van der Waals surface area contributed by atoms with Crippen molar-refractivity contribution in [2.45, 2.75) is 20.5 Å². The maximum Gasteiger partial charge on any atom is 0.341 e. The zero-order chi connectivity index (χ0) is 19.5. The monoisotopic (exact) mass is 362 g/mol. The van der Waals surface area contributed by atoms with Crippen LogP contribution < -0.4 is 9.47 Å². The van der Waals surface area contributed by atoms with Crippen LogP contribution in [0.3, 0.4) is 0 Å². The van der Waals surface area contributed by atoms with Gasteiger partial charge < -0.3 is 24.1 Å². The van der Waals surface area contributed by atoms with Crippen molar-refractivity contribution >= 4 is 5.97 Å². The van der Waals surface area contributed by atoms with Crippen molar-refractivity contribution in [2.24, 2.45) is 0 Å². The van der Waals surface area contributed by atoms with E-state index in [9.17, 15) is 9.90 Å². The predicted octanol–water partition coefficient (Wildman–Crippen LogP) is 3.73. The summed E-state index contributed by atoms with van der Waals surface area (Å²) >= 11 is 0. The number of esters is 1. The third-order valence-corrected chi connectivity index (χ3v) is 3.53. The van der Waals surface area contributed by atoms with Gasteiger partial charge in [-0.25, -0.2) is 4.79 Å². The molecule has 6 nitrogen and oxygen atoms in total. The van der Waals surface area contributed by atoms with E-state index in [1.54, 1.807) is 27.2 Å². The second-order valence-corrected chi connectivity index (χ2v) is 5.34. The lowest BCUT2D eigenvalue weighted by molar-refractivity contribution is 0.0596. The Balaban J connectivity index is 0.000000765. The fourth-order valence-electron chi connectivity index (χ4n) is 2.08. The van der Waals surface area contributed by atoms with Crippen molar-refractivity contribution in [1.82, 2.24) is 0 Å². The van der Waals surface area contributed by atoms with E-state index in [0.29, 0.717) is 17.9 Å². The Morgan fingerprint density at radius 2 is 1.65 bits per heavy atom. The number of phenolic OH excluding ortho intramolecular Hbond substituents is 1. The number of rotatable bonds is 6. The number of carbonyl (C=O) groups excluding carboxylic acids is 1. The van der Waals surface area contributed by atoms with E-state index in [1.807, 2.05) is 31.2 Å². The maximum absolute atomic E-state index is 11.6. The Hall–Kier alpha value is -2.73. The molecule has 2 aromatic carbocycles. The minimum atomic E-state index is -0.572. The van der Waals surface area contributed by atoms with Gasteiger partial charge >= 0.3 is 5.97 Å². The van der Waals surface area contributed by atoms with E-state index >= 15 is 0 Å². The molecular weight excluding hydrogens is 336 g/mol. The molecule has 0 amide bonds. The van der Waals surface area contributed by atoms with E-state index in [1.165, 1.54) is 13.2 Å². The Labute approximate surface area is 154 Å². The number of hydrogen-bond donors (Lipinski definition) is 1. The highest BCUT2D eigenvalue weighted by molar-refractivity contribution is 5.94. The van der Waals surface area contributed by atoms with Gasteiger partial charge in [0.05, 0.1) is 14.2 Å². The lowest BCUT2D eigenvalue weighted by Gasteiger charge is -2.11. The summed E-state index contributed by atoms with van der Waals surface area (Å²) in [5.74, 6) is 0.534. The van der Waals surface area contributed by atoms with Crippen molar-refractivity contribution < 1.29 is 28.8 Å². The molecule has 142 valence electrons. The largest absolute Gasteiger partial charge is 0.507 e. The molecule has 0 aliphatic heterocycles. The van der Waals surface area contributed by atoms with E-state index in [0.717, 1.165) is 17.9 Å². The maximum atomic E-state index is 11.6. The molecule has 0 spiro atoms. The smallest absolute Gasteiger partial charge is 0.341 e. The van der Waals surface area contributed by atoms with Gasteiger partial charge in [0.25, 0.3) is 0 Å². The van der Waals surface area contributed by atoms with Gasteiger partial charge in [0.1, 0.15) is 29.4 Å². The number of methoxy groups -OCH3 is 3. The van der Waals surface area contributed by atoms with Gasteiger partial charge in [-0.05, 0) is 43.2 Å². The highest BCUT2D eigenvalue weighted by Gasteiger charge is 2.16. The zero-order valence-corrected chi connectivity index (χ0v) is 15.9. The molecule has 0 unspecified atom stereocenters. The first-order valence-corrected chi connectivity index (χ1v) is 8.13. The summed E-state index contributed by atoms with van der Waals surface area (Å²) in [7, 11) is 4.56. The average molecular weight is 362 g/mol. The van der Waals surface area contributed by atoms with Crippen LogP contribution in [-0.2, 0) is 16.1 Å². The molecule has 0 aromatic heterocycles. The molecule has 0 saturated heterocycles. The average Bonchev–Trinajstić information content (AvgIpc) is 2.66. The lowest BCUT2D eigenvalue weighted by Crippen LogP contribution is -2.05. The van der Waals surface area contributed by atoms with Crippen molar-refractivity contribution in [3.8, 4) is 17.2 Å². The van der Waals surface area contributed by atoms with Gasteiger partial charge in [0, 0.05) is 19.8 Å². The van der Waals surface area contributed by atoms with Crippen LogP contribution in [0.4, 0.5) is 0 Å². The third-order valence-electron chi connectivity index (χ3n) is 3.53. The van der Waals surface area contributed by atoms with Crippen LogP contribution in [0.15, 0.2) is 36.4 Å². The molecule has 26 heavy (non-hydrogen) atoms. The highest BCUT2D eigenvalue weighted by Crippen LogP contribution is 2.28. The van der Waals surface area contributed by atoms with Crippen LogP contribution >= 0.6 is 0 Å². The molecule has 1 N–H and O–H groups in total. The Bertz CT molecular complexity index is 669. The Morgan fingerprint density at radius 1 is 1.04 bits per heavy atom. The number of carbonyl (C=O) groups is 1. The molecule has 0 radical (unpaired) electrons. The molecule has 6 heteroatoms.